The lowest BCUT2D eigenvalue weighted by Crippen LogP contribution is -2.40. The first-order valence-corrected chi connectivity index (χ1v) is 7.85. The summed E-state index contributed by atoms with van der Waals surface area (Å²) >= 11 is 0. The number of urea groups is 1. The van der Waals surface area contributed by atoms with Gasteiger partial charge in [-0.2, -0.15) is 5.10 Å². The minimum Gasteiger partial charge on any atom is -0.393 e. The number of aromatic nitrogens is 3. The molecular weight excluding hydrogens is 294 g/mol. The average molecular weight is 315 g/mol. The number of nitrogens with one attached hydrogen (secondary N) is 3. The molecule has 0 unspecified atom stereocenters. The van der Waals surface area contributed by atoms with Crippen molar-refractivity contribution in [3.05, 3.63) is 30.1 Å². The van der Waals surface area contributed by atoms with Gasteiger partial charge in [0.15, 0.2) is 5.82 Å². The molecule has 0 saturated heterocycles. The fourth-order valence-corrected chi connectivity index (χ4v) is 2.78. The number of hydrogen-bond acceptors (Lipinski definition) is 4. The maximum absolute atomic E-state index is 12.1. The number of benzene rings is 1. The van der Waals surface area contributed by atoms with Crippen molar-refractivity contribution in [2.45, 2.75) is 44.8 Å². The van der Waals surface area contributed by atoms with Crippen LogP contribution in [0, 0.1) is 6.92 Å². The van der Waals surface area contributed by atoms with E-state index in [1.54, 1.807) is 0 Å². The number of aromatic amines is 1. The standard InChI is InChI=1S/C16H21N5O2/c1-10-17-15(21-20-10)11-3-2-4-13(9-11)19-16(23)18-12-5-7-14(22)8-6-12/h2-4,9,12,14,22H,5-8H2,1H3,(H,17,20,21)(H2,18,19,23). The molecule has 3 rings (SSSR count). The Bertz CT molecular complexity index is 677. The zero-order valence-corrected chi connectivity index (χ0v) is 13.0. The van der Waals surface area contributed by atoms with Crippen LogP contribution in [0.25, 0.3) is 11.4 Å². The third-order valence-corrected chi connectivity index (χ3v) is 4.01. The summed E-state index contributed by atoms with van der Waals surface area (Å²) in [7, 11) is 0. The quantitative estimate of drug-likeness (QED) is 0.697. The van der Waals surface area contributed by atoms with Crippen LogP contribution in [0.4, 0.5) is 10.5 Å². The van der Waals surface area contributed by atoms with E-state index in [4.69, 9.17) is 0 Å². The molecule has 1 aliphatic carbocycles. The summed E-state index contributed by atoms with van der Waals surface area (Å²) in [5.41, 5.74) is 1.53. The molecule has 2 aromatic rings. The zero-order valence-electron chi connectivity index (χ0n) is 13.0. The predicted molar refractivity (Wildman–Crippen MR) is 87.0 cm³/mol. The van der Waals surface area contributed by atoms with Crippen molar-refractivity contribution in [2.24, 2.45) is 0 Å². The highest BCUT2D eigenvalue weighted by Crippen LogP contribution is 2.20. The molecule has 23 heavy (non-hydrogen) atoms. The molecule has 4 N–H and O–H groups in total. The van der Waals surface area contributed by atoms with E-state index in [9.17, 15) is 9.90 Å². The van der Waals surface area contributed by atoms with E-state index in [0.29, 0.717) is 11.5 Å². The highest BCUT2D eigenvalue weighted by Gasteiger charge is 2.20. The van der Waals surface area contributed by atoms with E-state index < -0.39 is 0 Å². The molecule has 1 heterocycles. The summed E-state index contributed by atoms with van der Waals surface area (Å²) in [5.74, 6) is 1.35. The normalized spacial score (nSPS) is 21.0. The molecule has 2 amide bonds. The second-order valence-electron chi connectivity index (χ2n) is 5.93. The van der Waals surface area contributed by atoms with Gasteiger partial charge in [-0.15, -0.1) is 0 Å². The fraction of sp³-hybridized carbons (Fsp3) is 0.438. The molecule has 0 spiro atoms. The van der Waals surface area contributed by atoms with Gasteiger partial charge in [-0.25, -0.2) is 9.78 Å². The molecule has 1 saturated carbocycles. The lowest BCUT2D eigenvalue weighted by molar-refractivity contribution is 0.118. The second kappa shape index (κ2) is 6.78. The number of anilines is 1. The third kappa shape index (κ3) is 4.07. The number of carbonyl (C=O) groups excluding carboxylic acids is 1. The minimum absolute atomic E-state index is 0.122. The van der Waals surface area contributed by atoms with Gasteiger partial charge in [0.2, 0.25) is 0 Å². The molecule has 1 fully saturated rings. The Morgan fingerprint density at radius 1 is 1.30 bits per heavy atom. The van der Waals surface area contributed by atoms with Crippen molar-refractivity contribution < 1.29 is 9.90 Å². The molecule has 0 atom stereocenters. The zero-order chi connectivity index (χ0) is 16.2. The number of nitrogens with zero attached hydrogens (tertiary/aromatic N) is 2. The summed E-state index contributed by atoms with van der Waals surface area (Å²) in [4.78, 5) is 16.4. The molecular formula is C16H21N5O2. The van der Waals surface area contributed by atoms with Gasteiger partial charge in [-0.3, -0.25) is 5.10 Å². The van der Waals surface area contributed by atoms with Crippen molar-refractivity contribution in [1.29, 1.82) is 0 Å². The maximum atomic E-state index is 12.1. The van der Waals surface area contributed by atoms with Crippen molar-refractivity contribution >= 4 is 11.7 Å². The Kier molecular flexibility index (Phi) is 4.57. The largest absolute Gasteiger partial charge is 0.393 e. The number of aliphatic hydroxyl groups is 1. The van der Waals surface area contributed by atoms with Gasteiger partial charge in [0.25, 0.3) is 0 Å². The number of carbonyl (C=O) groups is 1. The van der Waals surface area contributed by atoms with E-state index >= 15 is 0 Å². The SMILES string of the molecule is Cc1nc(-c2cccc(NC(=O)NC3CCC(O)CC3)c2)n[nH]1. The van der Waals surface area contributed by atoms with E-state index in [1.807, 2.05) is 31.2 Å². The fourth-order valence-electron chi connectivity index (χ4n) is 2.78. The van der Waals surface area contributed by atoms with E-state index in [2.05, 4.69) is 25.8 Å². The highest BCUT2D eigenvalue weighted by atomic mass is 16.3. The Balaban J connectivity index is 1.60. The molecule has 1 aromatic heterocycles. The molecule has 7 heteroatoms. The van der Waals surface area contributed by atoms with Gasteiger partial charge >= 0.3 is 6.03 Å². The second-order valence-corrected chi connectivity index (χ2v) is 5.93. The topological polar surface area (TPSA) is 103 Å². The average Bonchev–Trinajstić information content (AvgIpc) is 2.96. The number of H-pyrrole nitrogens is 1. The van der Waals surface area contributed by atoms with Crippen LogP contribution >= 0.6 is 0 Å². The summed E-state index contributed by atoms with van der Waals surface area (Å²) in [5, 5.41) is 22.2. The Morgan fingerprint density at radius 2 is 2.09 bits per heavy atom. The lowest BCUT2D eigenvalue weighted by Gasteiger charge is -2.26. The number of aryl methyl sites for hydroxylation is 1. The van der Waals surface area contributed by atoms with Crippen LogP contribution in [-0.2, 0) is 0 Å². The number of rotatable bonds is 3. The lowest BCUT2D eigenvalue weighted by atomic mass is 9.93. The van der Waals surface area contributed by atoms with Crippen LogP contribution in [0.1, 0.15) is 31.5 Å². The molecule has 1 aromatic carbocycles. The van der Waals surface area contributed by atoms with Gasteiger partial charge in [-0.05, 0) is 44.7 Å². The van der Waals surface area contributed by atoms with Crippen LogP contribution in [0.3, 0.4) is 0 Å². The monoisotopic (exact) mass is 315 g/mol. The number of amides is 2. The molecule has 0 aliphatic heterocycles. The number of aliphatic hydroxyl groups excluding tert-OH is 1. The summed E-state index contributed by atoms with van der Waals surface area (Å²) in [6.07, 6.45) is 2.88. The highest BCUT2D eigenvalue weighted by molar-refractivity contribution is 5.90. The first kappa shape index (κ1) is 15.5. The molecule has 1 aliphatic rings. The van der Waals surface area contributed by atoms with Gasteiger partial charge in [0, 0.05) is 17.3 Å². The Labute approximate surface area is 134 Å². The molecule has 122 valence electrons. The smallest absolute Gasteiger partial charge is 0.319 e. The van der Waals surface area contributed by atoms with Crippen LogP contribution in [0.5, 0.6) is 0 Å². The van der Waals surface area contributed by atoms with Crippen molar-refractivity contribution in [3.63, 3.8) is 0 Å². The van der Waals surface area contributed by atoms with Crippen LogP contribution in [0.15, 0.2) is 24.3 Å². The van der Waals surface area contributed by atoms with E-state index in [0.717, 1.165) is 37.1 Å². The molecule has 7 nitrogen and oxygen atoms in total. The van der Waals surface area contributed by atoms with E-state index in [1.165, 1.54) is 0 Å². The third-order valence-electron chi connectivity index (χ3n) is 4.01. The summed E-state index contributed by atoms with van der Waals surface area (Å²) in [6, 6.07) is 7.31. The Morgan fingerprint density at radius 3 is 2.78 bits per heavy atom. The van der Waals surface area contributed by atoms with Crippen molar-refractivity contribution in [3.8, 4) is 11.4 Å². The van der Waals surface area contributed by atoms with E-state index in [-0.39, 0.29) is 18.2 Å². The van der Waals surface area contributed by atoms with Gasteiger partial charge in [-0.1, -0.05) is 12.1 Å². The van der Waals surface area contributed by atoms with Gasteiger partial charge in [0.1, 0.15) is 5.82 Å². The predicted octanol–water partition coefficient (Wildman–Crippen LogP) is 2.21. The Hall–Kier alpha value is -2.41. The maximum Gasteiger partial charge on any atom is 0.319 e. The van der Waals surface area contributed by atoms with Crippen molar-refractivity contribution in [1.82, 2.24) is 20.5 Å². The van der Waals surface area contributed by atoms with Gasteiger partial charge < -0.3 is 15.7 Å². The minimum atomic E-state index is -0.227. The summed E-state index contributed by atoms with van der Waals surface area (Å²) < 4.78 is 0. The number of hydrogen-bond donors (Lipinski definition) is 4. The first-order valence-electron chi connectivity index (χ1n) is 7.85. The molecule has 0 radical (unpaired) electrons. The van der Waals surface area contributed by atoms with Crippen LogP contribution in [0.2, 0.25) is 0 Å². The first-order chi connectivity index (χ1) is 11.1. The van der Waals surface area contributed by atoms with Gasteiger partial charge in [0.05, 0.1) is 6.10 Å². The van der Waals surface area contributed by atoms with Crippen LogP contribution in [-0.4, -0.2) is 38.5 Å². The van der Waals surface area contributed by atoms with Crippen molar-refractivity contribution in [2.75, 3.05) is 5.32 Å². The summed E-state index contributed by atoms with van der Waals surface area (Å²) in [6.45, 7) is 1.84. The van der Waals surface area contributed by atoms with Crippen LogP contribution < -0.4 is 10.6 Å². The molecule has 0 bridgehead atoms.